The number of hydrogen-bond acceptors (Lipinski definition) is 6. The zero-order valence-electron chi connectivity index (χ0n) is 17.1. The first-order valence-corrected chi connectivity index (χ1v) is 10.4. The Morgan fingerprint density at radius 2 is 1.86 bits per heavy atom. The standard InChI is InChI=1S/C21H30O5.CH4O/c1-19-7-5-13(23)9-12(19)3-4-14-15-6-8-21(26,17(25)11-22)20(15,2)10-16(24)18(14)19;1-2/h9,14-16,18,22,24,26H,3-8,10-11H2,1-2H3;2H,1H3/t14-,15-,16-,18+,19-,20-,21-;/m1./s1. The fraction of sp³-hybridized carbons (Fsp3) is 0.818. The Morgan fingerprint density at radius 3 is 2.50 bits per heavy atom. The minimum atomic E-state index is -1.54. The van der Waals surface area contributed by atoms with E-state index in [1.807, 2.05) is 6.92 Å². The molecule has 28 heavy (non-hydrogen) atoms. The fourth-order valence-corrected chi connectivity index (χ4v) is 7.28. The van der Waals surface area contributed by atoms with Crippen LogP contribution in [0, 0.1) is 28.6 Å². The van der Waals surface area contributed by atoms with Gasteiger partial charge in [0.1, 0.15) is 12.2 Å². The topological polar surface area (TPSA) is 115 Å². The summed E-state index contributed by atoms with van der Waals surface area (Å²) in [4.78, 5) is 24.3. The van der Waals surface area contributed by atoms with E-state index in [0.717, 1.165) is 32.8 Å². The first kappa shape index (κ1) is 21.6. The molecule has 0 bridgehead atoms. The Morgan fingerprint density at radius 1 is 1.18 bits per heavy atom. The van der Waals surface area contributed by atoms with Crippen LogP contribution in [0.5, 0.6) is 0 Å². The first-order chi connectivity index (χ1) is 13.2. The minimum Gasteiger partial charge on any atom is -0.400 e. The molecule has 0 spiro atoms. The van der Waals surface area contributed by atoms with Crippen molar-refractivity contribution in [1.29, 1.82) is 0 Å². The molecule has 0 aliphatic heterocycles. The molecular weight excluding hydrogens is 360 g/mol. The van der Waals surface area contributed by atoms with E-state index < -0.39 is 29.5 Å². The molecule has 3 saturated carbocycles. The highest BCUT2D eigenvalue weighted by atomic mass is 16.3. The van der Waals surface area contributed by atoms with E-state index in [9.17, 15) is 24.9 Å². The highest BCUT2D eigenvalue weighted by Gasteiger charge is 2.68. The summed E-state index contributed by atoms with van der Waals surface area (Å²) in [7, 11) is 1.00. The van der Waals surface area contributed by atoms with Gasteiger partial charge in [-0.25, -0.2) is 0 Å². The molecule has 0 saturated heterocycles. The van der Waals surface area contributed by atoms with Crippen LogP contribution in [0.3, 0.4) is 0 Å². The van der Waals surface area contributed by atoms with Crippen molar-refractivity contribution in [2.75, 3.05) is 13.7 Å². The Kier molecular flexibility index (Phi) is 5.65. The van der Waals surface area contributed by atoms with Crippen molar-refractivity contribution in [2.45, 2.75) is 70.5 Å². The van der Waals surface area contributed by atoms with Gasteiger partial charge in [0.05, 0.1) is 6.10 Å². The molecule has 6 heteroatoms. The number of rotatable bonds is 2. The zero-order chi connectivity index (χ0) is 20.9. The van der Waals surface area contributed by atoms with Crippen LogP contribution in [0.4, 0.5) is 0 Å². The highest BCUT2D eigenvalue weighted by Crippen LogP contribution is 2.67. The normalized spacial score (nSPS) is 47.1. The van der Waals surface area contributed by atoms with Gasteiger partial charge < -0.3 is 20.4 Å². The first-order valence-electron chi connectivity index (χ1n) is 10.4. The monoisotopic (exact) mass is 394 g/mol. The minimum absolute atomic E-state index is 0.0697. The molecule has 0 radical (unpaired) electrons. The van der Waals surface area contributed by atoms with Gasteiger partial charge in [-0.05, 0) is 67.8 Å². The third-order valence-electron chi connectivity index (χ3n) is 8.65. The Bertz CT molecular complexity index is 687. The van der Waals surface area contributed by atoms with Crippen molar-refractivity contribution in [1.82, 2.24) is 0 Å². The second kappa shape index (κ2) is 7.31. The number of carbonyl (C=O) groups excluding carboxylic acids is 2. The molecule has 158 valence electrons. The zero-order valence-corrected chi connectivity index (χ0v) is 17.1. The predicted molar refractivity (Wildman–Crippen MR) is 103 cm³/mol. The average Bonchev–Trinajstić information content (AvgIpc) is 2.94. The van der Waals surface area contributed by atoms with Gasteiger partial charge in [0.2, 0.25) is 0 Å². The molecule has 6 nitrogen and oxygen atoms in total. The van der Waals surface area contributed by atoms with Gasteiger partial charge in [-0.3, -0.25) is 9.59 Å². The van der Waals surface area contributed by atoms with Crippen molar-refractivity contribution >= 4 is 11.6 Å². The average molecular weight is 395 g/mol. The molecule has 4 aliphatic carbocycles. The van der Waals surface area contributed by atoms with Crippen LogP contribution in [0.1, 0.15) is 58.8 Å². The van der Waals surface area contributed by atoms with E-state index in [0.29, 0.717) is 19.3 Å². The lowest BCUT2D eigenvalue weighted by atomic mass is 9.45. The van der Waals surface area contributed by atoms with Gasteiger partial charge in [-0.15, -0.1) is 0 Å². The van der Waals surface area contributed by atoms with E-state index in [2.05, 4.69) is 6.92 Å². The summed E-state index contributed by atoms with van der Waals surface area (Å²) >= 11 is 0. The number of aliphatic hydroxyl groups is 4. The summed E-state index contributed by atoms with van der Waals surface area (Å²) in [5.41, 5.74) is -1.23. The lowest BCUT2D eigenvalue weighted by molar-refractivity contribution is -0.182. The van der Waals surface area contributed by atoms with Crippen molar-refractivity contribution < 1.29 is 30.0 Å². The smallest absolute Gasteiger partial charge is 0.190 e. The Balaban J connectivity index is 0.00000109. The SMILES string of the molecule is CO.C[C@@]12CCC(=O)C=C1CC[C@H]1[C@H]2[C@H](O)C[C@]2(C)[C@@H]1CC[C@@]2(O)C(=O)CO. The maximum Gasteiger partial charge on any atom is 0.190 e. The third kappa shape index (κ3) is 2.76. The molecule has 3 fully saturated rings. The number of fused-ring (bicyclic) bond motifs is 5. The lowest BCUT2D eigenvalue weighted by Crippen LogP contribution is -2.62. The van der Waals surface area contributed by atoms with Crippen LogP contribution in [0.2, 0.25) is 0 Å². The van der Waals surface area contributed by atoms with Crippen molar-refractivity contribution in [2.24, 2.45) is 28.6 Å². The Hall–Kier alpha value is -1.08. The van der Waals surface area contributed by atoms with Crippen LogP contribution in [-0.2, 0) is 9.59 Å². The quantitative estimate of drug-likeness (QED) is 0.563. The van der Waals surface area contributed by atoms with Gasteiger partial charge >= 0.3 is 0 Å². The second-order valence-electron chi connectivity index (χ2n) is 9.56. The van der Waals surface area contributed by atoms with Crippen LogP contribution in [-0.4, -0.2) is 57.4 Å². The summed E-state index contributed by atoms with van der Waals surface area (Å²) in [6.45, 7) is 3.46. The van der Waals surface area contributed by atoms with Gasteiger partial charge in [-0.1, -0.05) is 19.4 Å². The summed E-state index contributed by atoms with van der Waals surface area (Å²) in [6.07, 6.45) is 5.74. The molecule has 0 heterocycles. The molecule has 4 aliphatic rings. The van der Waals surface area contributed by atoms with Gasteiger partial charge in [-0.2, -0.15) is 0 Å². The predicted octanol–water partition coefficient (Wildman–Crippen LogP) is 1.39. The summed E-state index contributed by atoms with van der Waals surface area (Å²) in [5, 5.41) is 38.7. The number of allylic oxidation sites excluding steroid dienone is 1. The van der Waals surface area contributed by atoms with Crippen LogP contribution in [0.15, 0.2) is 11.6 Å². The Labute approximate surface area is 166 Å². The molecule has 0 amide bonds. The maximum atomic E-state index is 12.4. The lowest BCUT2D eigenvalue weighted by Gasteiger charge is -2.60. The molecule has 0 unspecified atom stereocenters. The number of carbonyl (C=O) groups is 2. The number of aliphatic hydroxyl groups excluding tert-OH is 3. The van der Waals surface area contributed by atoms with E-state index in [4.69, 9.17) is 5.11 Å². The van der Waals surface area contributed by atoms with Crippen LogP contribution >= 0.6 is 0 Å². The van der Waals surface area contributed by atoms with Gasteiger partial charge in [0.25, 0.3) is 0 Å². The van der Waals surface area contributed by atoms with E-state index in [-0.39, 0.29) is 29.0 Å². The highest BCUT2D eigenvalue weighted by molar-refractivity contribution is 5.91. The van der Waals surface area contributed by atoms with Crippen molar-refractivity contribution in [3.8, 4) is 0 Å². The van der Waals surface area contributed by atoms with E-state index in [1.54, 1.807) is 6.08 Å². The molecule has 0 aromatic rings. The molecule has 0 aromatic heterocycles. The maximum absolute atomic E-state index is 12.4. The second-order valence-corrected chi connectivity index (χ2v) is 9.56. The molecular formula is C22H34O6. The molecule has 7 atom stereocenters. The fourth-order valence-electron chi connectivity index (χ4n) is 7.28. The van der Waals surface area contributed by atoms with Crippen LogP contribution < -0.4 is 0 Å². The van der Waals surface area contributed by atoms with E-state index in [1.165, 1.54) is 5.57 Å². The third-order valence-corrected chi connectivity index (χ3v) is 8.65. The van der Waals surface area contributed by atoms with Crippen molar-refractivity contribution in [3.63, 3.8) is 0 Å². The molecule has 0 aromatic carbocycles. The summed E-state index contributed by atoms with van der Waals surface area (Å²) in [6, 6.07) is 0. The number of hydrogen-bond donors (Lipinski definition) is 4. The summed E-state index contributed by atoms with van der Waals surface area (Å²) in [5.74, 6) is 0.140. The molecule has 4 N–H and O–H groups in total. The largest absolute Gasteiger partial charge is 0.400 e. The van der Waals surface area contributed by atoms with Gasteiger partial charge in [0, 0.05) is 18.9 Å². The van der Waals surface area contributed by atoms with Gasteiger partial charge in [0.15, 0.2) is 11.6 Å². The number of Topliss-reactive ketones (excluding diaryl/α,β-unsaturated/α-hetero) is 1. The van der Waals surface area contributed by atoms with Crippen molar-refractivity contribution in [3.05, 3.63) is 11.6 Å². The number of ketones is 2. The van der Waals surface area contributed by atoms with Crippen LogP contribution in [0.25, 0.3) is 0 Å². The molecule has 4 rings (SSSR count). The van der Waals surface area contributed by atoms with E-state index >= 15 is 0 Å². The summed E-state index contributed by atoms with van der Waals surface area (Å²) < 4.78 is 0.